The number of nitrogens with zero attached hydrogens (tertiary/aromatic N) is 4. The van der Waals surface area contributed by atoms with Gasteiger partial charge in [-0.3, -0.25) is 4.57 Å². The molecule has 8 heteroatoms. The van der Waals surface area contributed by atoms with Gasteiger partial charge in [0.05, 0.1) is 11.6 Å². The molecule has 0 fully saturated rings. The van der Waals surface area contributed by atoms with Crippen LogP contribution in [0.2, 0.25) is 0 Å². The molecule has 0 N–H and O–H groups in total. The van der Waals surface area contributed by atoms with E-state index in [0.717, 1.165) is 0 Å². The first-order chi connectivity index (χ1) is 9.64. The third-order valence-corrected chi connectivity index (χ3v) is 3.89. The smallest absolute Gasteiger partial charge is 0.291 e. The van der Waals surface area contributed by atoms with E-state index in [2.05, 4.69) is 10.2 Å². The van der Waals surface area contributed by atoms with Gasteiger partial charge in [0.1, 0.15) is 0 Å². The minimum Gasteiger partial charge on any atom is -0.291 e. The summed E-state index contributed by atoms with van der Waals surface area (Å²) in [6.07, 6.45) is 0. The van der Waals surface area contributed by atoms with Gasteiger partial charge < -0.3 is 0 Å². The van der Waals surface area contributed by atoms with Gasteiger partial charge in [-0.2, -0.15) is 5.26 Å². The van der Waals surface area contributed by atoms with Gasteiger partial charge in [-0.15, -0.1) is 10.2 Å². The lowest BCUT2D eigenvalue weighted by atomic mass is 10.1. The molecule has 0 saturated carbocycles. The first kappa shape index (κ1) is 15.5. The van der Waals surface area contributed by atoms with E-state index < -0.39 is 14.6 Å². The Balaban J connectivity index is 2.77. The first-order valence-electron chi connectivity index (χ1n) is 6.05. The highest BCUT2D eigenvalue weighted by molar-refractivity contribution is 8.13. The van der Waals surface area contributed by atoms with Crippen LogP contribution in [0.1, 0.15) is 26.3 Å². The molecule has 0 saturated heterocycles. The molecule has 21 heavy (non-hydrogen) atoms. The Morgan fingerprint density at radius 2 is 1.95 bits per heavy atom. The Kier molecular flexibility index (Phi) is 3.78. The van der Waals surface area contributed by atoms with Gasteiger partial charge in [0.15, 0.2) is 5.82 Å². The number of halogens is 1. The molecule has 0 radical (unpaired) electrons. The highest BCUT2D eigenvalue weighted by atomic mass is 35.7. The average Bonchev–Trinajstić information content (AvgIpc) is 2.83. The molecule has 2 rings (SSSR count). The maximum atomic E-state index is 11.7. The summed E-state index contributed by atoms with van der Waals surface area (Å²) in [5.74, 6) is 0.346. The van der Waals surface area contributed by atoms with E-state index >= 15 is 0 Å². The Bertz CT molecular complexity index is 829. The van der Waals surface area contributed by atoms with E-state index in [4.69, 9.17) is 15.9 Å². The predicted octanol–water partition coefficient (Wildman–Crippen LogP) is 2.50. The number of hydrogen-bond acceptors (Lipinski definition) is 5. The van der Waals surface area contributed by atoms with Crippen molar-refractivity contribution in [1.82, 2.24) is 14.8 Å². The van der Waals surface area contributed by atoms with Crippen molar-refractivity contribution in [2.24, 2.45) is 0 Å². The van der Waals surface area contributed by atoms with Crippen LogP contribution in [-0.2, 0) is 14.6 Å². The van der Waals surface area contributed by atoms with Gasteiger partial charge in [0.25, 0.3) is 14.2 Å². The topological polar surface area (TPSA) is 88.6 Å². The second kappa shape index (κ2) is 5.13. The van der Waals surface area contributed by atoms with Crippen molar-refractivity contribution in [3.63, 3.8) is 0 Å². The molecule has 0 spiro atoms. The number of rotatable bonds is 2. The lowest BCUT2D eigenvalue weighted by Gasteiger charge is -2.24. The van der Waals surface area contributed by atoms with Crippen LogP contribution in [0.5, 0.6) is 0 Å². The molecule has 0 amide bonds. The minimum absolute atomic E-state index is 0.311. The summed E-state index contributed by atoms with van der Waals surface area (Å²) < 4.78 is 24.8. The van der Waals surface area contributed by atoms with E-state index in [9.17, 15) is 8.42 Å². The Morgan fingerprint density at radius 1 is 1.29 bits per heavy atom. The fourth-order valence-electron chi connectivity index (χ4n) is 1.95. The van der Waals surface area contributed by atoms with E-state index in [1.807, 2.05) is 26.8 Å². The zero-order valence-corrected chi connectivity index (χ0v) is 13.3. The molecular weight excluding hydrogens is 312 g/mol. The van der Waals surface area contributed by atoms with Crippen molar-refractivity contribution in [2.75, 3.05) is 0 Å². The molecule has 1 aromatic carbocycles. The fourth-order valence-corrected chi connectivity index (χ4v) is 2.96. The molecular formula is C13H13ClN4O2S. The molecule has 2 aromatic rings. The van der Waals surface area contributed by atoms with Gasteiger partial charge >= 0.3 is 0 Å². The van der Waals surface area contributed by atoms with Crippen molar-refractivity contribution in [3.8, 4) is 17.5 Å². The van der Waals surface area contributed by atoms with E-state index in [1.54, 1.807) is 24.3 Å². The number of benzene rings is 1. The molecule has 1 heterocycles. The minimum atomic E-state index is -4.02. The summed E-state index contributed by atoms with van der Waals surface area (Å²) in [5.41, 5.74) is 0.452. The molecule has 0 unspecified atom stereocenters. The van der Waals surface area contributed by atoms with Crippen LogP contribution in [0.15, 0.2) is 29.4 Å². The van der Waals surface area contributed by atoms with Gasteiger partial charge in [0.2, 0.25) is 0 Å². The quantitative estimate of drug-likeness (QED) is 0.792. The maximum Gasteiger partial charge on any atom is 0.296 e. The zero-order valence-electron chi connectivity index (χ0n) is 11.7. The predicted molar refractivity (Wildman–Crippen MR) is 78.2 cm³/mol. The Labute approximate surface area is 127 Å². The van der Waals surface area contributed by atoms with Crippen LogP contribution in [0.25, 0.3) is 11.4 Å². The number of aromatic nitrogens is 3. The highest BCUT2D eigenvalue weighted by Gasteiger charge is 2.30. The monoisotopic (exact) mass is 324 g/mol. The van der Waals surface area contributed by atoms with E-state index in [-0.39, 0.29) is 5.16 Å². The third kappa shape index (κ3) is 3.06. The van der Waals surface area contributed by atoms with Crippen molar-refractivity contribution < 1.29 is 8.42 Å². The summed E-state index contributed by atoms with van der Waals surface area (Å²) in [5, 5.41) is 16.3. The Morgan fingerprint density at radius 3 is 2.48 bits per heavy atom. The summed E-state index contributed by atoms with van der Waals surface area (Å²) in [6, 6.07) is 8.74. The SMILES string of the molecule is CC(C)(C)n1c(-c2cccc(C#N)c2)nnc1S(=O)(=O)Cl. The molecule has 0 aliphatic rings. The molecule has 6 nitrogen and oxygen atoms in total. The van der Waals surface area contributed by atoms with Crippen molar-refractivity contribution in [1.29, 1.82) is 5.26 Å². The third-order valence-electron chi connectivity index (χ3n) is 2.77. The van der Waals surface area contributed by atoms with Crippen molar-refractivity contribution >= 4 is 19.7 Å². The Hall–Kier alpha value is -1.91. The largest absolute Gasteiger partial charge is 0.296 e. The average molecular weight is 325 g/mol. The second-order valence-corrected chi connectivity index (χ2v) is 7.90. The van der Waals surface area contributed by atoms with Gasteiger partial charge in [0, 0.05) is 21.8 Å². The molecule has 0 bridgehead atoms. The molecule has 1 aromatic heterocycles. The number of nitriles is 1. The van der Waals surface area contributed by atoms with Crippen LogP contribution < -0.4 is 0 Å². The van der Waals surface area contributed by atoms with Gasteiger partial charge in [-0.05, 0) is 32.9 Å². The van der Waals surface area contributed by atoms with Crippen LogP contribution in [0.4, 0.5) is 0 Å². The van der Waals surface area contributed by atoms with Crippen LogP contribution in [-0.4, -0.2) is 23.2 Å². The lowest BCUT2D eigenvalue weighted by molar-refractivity contribution is 0.367. The summed E-state index contributed by atoms with van der Waals surface area (Å²) in [4.78, 5) is 0. The molecule has 110 valence electrons. The summed E-state index contributed by atoms with van der Waals surface area (Å²) in [6.45, 7) is 5.46. The fraction of sp³-hybridized carbons (Fsp3) is 0.308. The van der Waals surface area contributed by atoms with Crippen molar-refractivity contribution in [3.05, 3.63) is 29.8 Å². The van der Waals surface area contributed by atoms with E-state index in [0.29, 0.717) is 17.0 Å². The standard InChI is InChI=1S/C13H13ClN4O2S/c1-13(2,3)18-11(16-17-12(18)21(14,19)20)10-6-4-5-9(7-10)8-15/h4-7H,1-3H3. The normalized spacial score (nSPS) is 12.1. The van der Waals surface area contributed by atoms with Gasteiger partial charge in [-0.1, -0.05) is 12.1 Å². The first-order valence-corrected chi connectivity index (χ1v) is 8.36. The van der Waals surface area contributed by atoms with E-state index in [1.165, 1.54) is 4.57 Å². The zero-order chi connectivity index (χ0) is 15.8. The lowest BCUT2D eigenvalue weighted by Crippen LogP contribution is -2.25. The molecule has 0 aliphatic carbocycles. The second-order valence-electron chi connectivity index (χ2n) is 5.44. The van der Waals surface area contributed by atoms with Crippen molar-refractivity contribution in [2.45, 2.75) is 31.5 Å². The highest BCUT2D eigenvalue weighted by Crippen LogP contribution is 2.29. The van der Waals surface area contributed by atoms with Crippen LogP contribution >= 0.6 is 10.7 Å². The maximum absolute atomic E-state index is 11.7. The van der Waals surface area contributed by atoms with Crippen LogP contribution in [0.3, 0.4) is 0 Å². The number of hydrogen-bond donors (Lipinski definition) is 0. The molecule has 0 atom stereocenters. The molecule has 0 aliphatic heterocycles. The summed E-state index contributed by atoms with van der Waals surface area (Å²) >= 11 is 0. The van der Waals surface area contributed by atoms with Crippen LogP contribution in [0, 0.1) is 11.3 Å². The summed E-state index contributed by atoms with van der Waals surface area (Å²) in [7, 11) is 1.40. The van der Waals surface area contributed by atoms with Gasteiger partial charge in [-0.25, -0.2) is 8.42 Å².